The van der Waals surface area contributed by atoms with Gasteiger partial charge in [-0.1, -0.05) is 6.07 Å². The van der Waals surface area contributed by atoms with Crippen LogP contribution in [0.1, 0.15) is 5.56 Å². The lowest BCUT2D eigenvalue weighted by atomic mass is 10.3. The fraction of sp³-hybridized carbons (Fsp3) is 0.444. The second-order valence-corrected chi connectivity index (χ2v) is 4.32. The summed E-state index contributed by atoms with van der Waals surface area (Å²) in [5.74, 6) is 1.14. The lowest BCUT2D eigenvalue weighted by Gasteiger charge is -2.19. The summed E-state index contributed by atoms with van der Waals surface area (Å²) in [7, 11) is 0. The van der Waals surface area contributed by atoms with Crippen LogP contribution in [0.3, 0.4) is 0 Å². The number of hydrogen-bond acceptors (Lipinski definition) is 4. The number of aromatic nitrogens is 1. The molecule has 1 aliphatic rings. The van der Waals surface area contributed by atoms with Crippen molar-refractivity contribution in [1.29, 1.82) is 0 Å². The van der Waals surface area contributed by atoms with Crippen LogP contribution in [-0.2, 0) is 6.54 Å². The second kappa shape index (κ2) is 4.09. The highest BCUT2D eigenvalue weighted by atomic mass is 32.2. The minimum Gasteiger partial charge on any atom is -0.307 e. The van der Waals surface area contributed by atoms with E-state index in [0.717, 1.165) is 18.8 Å². The lowest BCUT2D eigenvalue weighted by molar-refractivity contribution is 0.283. The van der Waals surface area contributed by atoms with E-state index in [9.17, 15) is 0 Å². The highest BCUT2D eigenvalue weighted by Crippen LogP contribution is 2.20. The van der Waals surface area contributed by atoms with Crippen LogP contribution in [0.5, 0.6) is 0 Å². The molecular weight excluding hydrogens is 182 g/mol. The number of nitrogens with zero attached hydrogens (tertiary/aromatic N) is 2. The summed E-state index contributed by atoms with van der Waals surface area (Å²) >= 11 is 1.81. The minimum atomic E-state index is 0.167. The van der Waals surface area contributed by atoms with Gasteiger partial charge in [-0.25, -0.2) is 0 Å². The summed E-state index contributed by atoms with van der Waals surface area (Å²) in [5, 5.41) is 0. The van der Waals surface area contributed by atoms with Gasteiger partial charge in [-0.05, 0) is 11.6 Å². The Hall–Kier alpha value is -0.580. The molecule has 0 spiro atoms. The Balaban J connectivity index is 1.98. The van der Waals surface area contributed by atoms with Gasteiger partial charge in [0.15, 0.2) is 0 Å². The van der Waals surface area contributed by atoms with Gasteiger partial charge in [0.1, 0.15) is 5.50 Å². The quantitative estimate of drug-likeness (QED) is 0.760. The number of rotatable bonds is 2. The molecule has 70 valence electrons. The maximum atomic E-state index is 5.90. The molecule has 3 nitrogen and oxygen atoms in total. The van der Waals surface area contributed by atoms with Crippen molar-refractivity contribution in [3.8, 4) is 0 Å². The molecule has 1 saturated heterocycles. The van der Waals surface area contributed by atoms with Crippen molar-refractivity contribution in [1.82, 2.24) is 9.88 Å². The summed E-state index contributed by atoms with van der Waals surface area (Å²) in [5.41, 5.74) is 7.30. The van der Waals surface area contributed by atoms with E-state index in [0.29, 0.717) is 0 Å². The van der Waals surface area contributed by atoms with Gasteiger partial charge >= 0.3 is 0 Å². The first-order chi connectivity index (χ1) is 6.36. The van der Waals surface area contributed by atoms with Crippen molar-refractivity contribution >= 4 is 11.8 Å². The SMILES string of the molecule is NC1SCCN1Cc1cccnc1. The molecule has 0 amide bonds. The zero-order valence-corrected chi connectivity index (χ0v) is 8.20. The largest absolute Gasteiger partial charge is 0.307 e. The molecule has 2 heterocycles. The van der Waals surface area contributed by atoms with Crippen molar-refractivity contribution in [3.63, 3.8) is 0 Å². The summed E-state index contributed by atoms with van der Waals surface area (Å²) < 4.78 is 0. The standard InChI is InChI=1S/C9H13N3S/c10-9-12(4-5-13-9)7-8-2-1-3-11-6-8/h1-3,6,9H,4-5,7,10H2. The van der Waals surface area contributed by atoms with Crippen LogP contribution >= 0.6 is 11.8 Å². The molecule has 2 N–H and O–H groups in total. The third-order valence-corrected chi connectivity index (χ3v) is 3.19. The van der Waals surface area contributed by atoms with Gasteiger partial charge in [-0.15, -0.1) is 11.8 Å². The van der Waals surface area contributed by atoms with Crippen molar-refractivity contribution in [2.24, 2.45) is 5.73 Å². The Bertz CT molecular complexity index is 265. The molecule has 2 rings (SSSR count). The Labute approximate surface area is 82.3 Å². The van der Waals surface area contributed by atoms with E-state index in [1.54, 1.807) is 6.20 Å². The van der Waals surface area contributed by atoms with E-state index in [2.05, 4.69) is 16.0 Å². The summed E-state index contributed by atoms with van der Waals surface area (Å²) in [6.45, 7) is 2.00. The van der Waals surface area contributed by atoms with Crippen LogP contribution in [0.15, 0.2) is 24.5 Å². The van der Waals surface area contributed by atoms with E-state index >= 15 is 0 Å². The molecule has 4 heteroatoms. The highest BCUT2D eigenvalue weighted by Gasteiger charge is 2.20. The van der Waals surface area contributed by atoms with Crippen molar-refractivity contribution in [2.45, 2.75) is 12.0 Å². The maximum absolute atomic E-state index is 5.90. The fourth-order valence-corrected chi connectivity index (χ4v) is 2.39. The number of pyridine rings is 1. The average molecular weight is 195 g/mol. The molecule has 0 bridgehead atoms. The first kappa shape index (κ1) is 8.99. The van der Waals surface area contributed by atoms with Crippen LogP contribution in [0.2, 0.25) is 0 Å². The van der Waals surface area contributed by atoms with Crippen LogP contribution in [0.4, 0.5) is 0 Å². The monoisotopic (exact) mass is 195 g/mol. The fourth-order valence-electron chi connectivity index (χ4n) is 1.42. The van der Waals surface area contributed by atoms with Crippen molar-refractivity contribution in [2.75, 3.05) is 12.3 Å². The van der Waals surface area contributed by atoms with E-state index in [1.165, 1.54) is 5.56 Å². The Kier molecular flexibility index (Phi) is 2.83. The molecule has 0 radical (unpaired) electrons. The smallest absolute Gasteiger partial charge is 0.106 e. The number of thioether (sulfide) groups is 1. The molecule has 0 aliphatic carbocycles. The molecule has 1 atom stereocenters. The zero-order chi connectivity index (χ0) is 9.10. The van der Waals surface area contributed by atoms with E-state index in [1.807, 2.05) is 24.0 Å². The minimum absolute atomic E-state index is 0.167. The van der Waals surface area contributed by atoms with Crippen LogP contribution in [0, 0.1) is 0 Å². The van der Waals surface area contributed by atoms with Gasteiger partial charge in [0, 0.05) is 31.2 Å². The molecule has 1 aliphatic heterocycles. The molecular formula is C9H13N3S. The number of nitrogens with two attached hydrogens (primary N) is 1. The molecule has 0 aromatic carbocycles. The van der Waals surface area contributed by atoms with E-state index in [4.69, 9.17) is 5.73 Å². The molecule has 13 heavy (non-hydrogen) atoms. The van der Waals surface area contributed by atoms with E-state index in [-0.39, 0.29) is 5.50 Å². The summed E-state index contributed by atoms with van der Waals surface area (Å²) in [6.07, 6.45) is 3.69. The predicted octanol–water partition coefficient (Wildman–Crippen LogP) is 0.873. The van der Waals surface area contributed by atoms with Gasteiger partial charge in [-0.2, -0.15) is 0 Å². The van der Waals surface area contributed by atoms with Crippen molar-refractivity contribution in [3.05, 3.63) is 30.1 Å². The average Bonchev–Trinajstić information content (AvgIpc) is 2.54. The molecule has 1 aromatic heterocycles. The first-order valence-corrected chi connectivity index (χ1v) is 5.41. The number of hydrogen-bond donors (Lipinski definition) is 1. The topological polar surface area (TPSA) is 42.1 Å². The van der Waals surface area contributed by atoms with E-state index < -0.39 is 0 Å². The zero-order valence-electron chi connectivity index (χ0n) is 7.39. The second-order valence-electron chi connectivity index (χ2n) is 3.09. The maximum Gasteiger partial charge on any atom is 0.106 e. The van der Waals surface area contributed by atoms with Crippen LogP contribution in [0.25, 0.3) is 0 Å². The summed E-state index contributed by atoms with van der Waals surface area (Å²) in [6, 6.07) is 4.05. The third kappa shape index (κ3) is 2.21. The first-order valence-electron chi connectivity index (χ1n) is 4.36. The molecule has 1 unspecified atom stereocenters. The normalized spacial score (nSPS) is 23.6. The molecule has 0 saturated carbocycles. The van der Waals surface area contributed by atoms with Gasteiger partial charge in [0.25, 0.3) is 0 Å². The Morgan fingerprint density at radius 3 is 3.23 bits per heavy atom. The van der Waals surface area contributed by atoms with Gasteiger partial charge in [-0.3, -0.25) is 9.88 Å². The van der Waals surface area contributed by atoms with Gasteiger partial charge in [0.2, 0.25) is 0 Å². The van der Waals surface area contributed by atoms with Crippen LogP contribution in [-0.4, -0.2) is 27.7 Å². The van der Waals surface area contributed by atoms with Crippen LogP contribution < -0.4 is 5.73 Å². The third-order valence-electron chi connectivity index (χ3n) is 2.14. The van der Waals surface area contributed by atoms with Crippen molar-refractivity contribution < 1.29 is 0 Å². The lowest BCUT2D eigenvalue weighted by Crippen LogP contribution is -2.34. The summed E-state index contributed by atoms with van der Waals surface area (Å²) in [4.78, 5) is 6.34. The highest BCUT2D eigenvalue weighted by molar-refractivity contribution is 8.00. The van der Waals surface area contributed by atoms with Gasteiger partial charge < -0.3 is 5.73 Å². The van der Waals surface area contributed by atoms with Gasteiger partial charge in [0.05, 0.1) is 0 Å². The Morgan fingerprint density at radius 2 is 2.62 bits per heavy atom. The molecule has 1 fully saturated rings. The molecule has 1 aromatic rings. The predicted molar refractivity (Wildman–Crippen MR) is 55.1 cm³/mol. The Morgan fingerprint density at radius 1 is 1.69 bits per heavy atom.